The Morgan fingerprint density at radius 1 is 1.22 bits per heavy atom. The van der Waals surface area contributed by atoms with Gasteiger partial charge in [0.25, 0.3) is 15.9 Å². The van der Waals surface area contributed by atoms with E-state index in [4.69, 9.17) is 0 Å². The van der Waals surface area contributed by atoms with Crippen molar-refractivity contribution in [2.24, 2.45) is 0 Å². The number of sulfonamides is 1. The molecule has 1 atom stereocenters. The second-order valence-corrected chi connectivity index (χ2v) is 9.36. The standard InChI is InChI=1S/C15H23N3O3S2/c1-13(15(19)17-6-2-3-7-17)16-8-10-18(11-9-16)23(20,21)14-5-4-12-22-14/h4-5,12-13H,2-3,6-11H2,1H3/p+1/t13-/m0/s1. The average Bonchev–Trinajstić information content (AvgIpc) is 3.26. The number of piperazine rings is 1. The maximum absolute atomic E-state index is 12.5. The molecule has 2 aliphatic heterocycles. The van der Waals surface area contributed by atoms with E-state index in [0.29, 0.717) is 30.4 Å². The lowest BCUT2D eigenvalue weighted by Gasteiger charge is -2.35. The number of carbonyl (C=O) groups is 1. The van der Waals surface area contributed by atoms with E-state index < -0.39 is 10.0 Å². The summed E-state index contributed by atoms with van der Waals surface area (Å²) in [5.41, 5.74) is 0. The number of nitrogens with one attached hydrogen (secondary N) is 1. The first-order valence-electron chi connectivity index (χ1n) is 8.17. The van der Waals surface area contributed by atoms with Crippen molar-refractivity contribution in [2.75, 3.05) is 39.3 Å². The zero-order valence-electron chi connectivity index (χ0n) is 13.4. The molecule has 0 bridgehead atoms. The highest BCUT2D eigenvalue weighted by molar-refractivity contribution is 7.91. The summed E-state index contributed by atoms with van der Waals surface area (Å²) >= 11 is 1.26. The molecule has 1 N–H and O–H groups in total. The van der Waals surface area contributed by atoms with Gasteiger partial charge in [-0.2, -0.15) is 4.31 Å². The maximum atomic E-state index is 12.5. The van der Waals surface area contributed by atoms with Gasteiger partial charge in [0, 0.05) is 13.1 Å². The van der Waals surface area contributed by atoms with Crippen molar-refractivity contribution in [3.63, 3.8) is 0 Å². The SMILES string of the molecule is C[C@@H](C(=O)N1CCCC1)[NH+]1CCN(S(=O)(=O)c2cccs2)CC1. The summed E-state index contributed by atoms with van der Waals surface area (Å²) in [5.74, 6) is 0.215. The third-order valence-electron chi connectivity index (χ3n) is 4.85. The number of thiophene rings is 1. The normalized spacial score (nSPS) is 22.4. The molecular formula is C15H24N3O3S2+. The molecule has 2 fully saturated rings. The van der Waals surface area contributed by atoms with Crippen LogP contribution < -0.4 is 4.90 Å². The fourth-order valence-corrected chi connectivity index (χ4v) is 5.96. The number of hydrogen-bond donors (Lipinski definition) is 1. The first-order chi connectivity index (χ1) is 11.0. The number of carbonyl (C=O) groups excluding carboxylic acids is 1. The number of nitrogens with zero attached hydrogens (tertiary/aromatic N) is 2. The Hall–Kier alpha value is -0.960. The van der Waals surface area contributed by atoms with Crippen LogP contribution in [-0.4, -0.2) is 68.8 Å². The van der Waals surface area contributed by atoms with E-state index in [1.807, 2.05) is 11.8 Å². The first-order valence-corrected chi connectivity index (χ1v) is 10.5. The summed E-state index contributed by atoms with van der Waals surface area (Å²) in [7, 11) is -3.36. The fourth-order valence-electron chi connectivity index (χ4n) is 3.37. The molecule has 6 nitrogen and oxygen atoms in total. The third-order valence-corrected chi connectivity index (χ3v) is 8.13. The van der Waals surface area contributed by atoms with Gasteiger partial charge in [0.15, 0.2) is 6.04 Å². The minimum Gasteiger partial charge on any atom is -0.338 e. The fraction of sp³-hybridized carbons (Fsp3) is 0.667. The van der Waals surface area contributed by atoms with Gasteiger partial charge in [-0.15, -0.1) is 11.3 Å². The molecule has 128 valence electrons. The Morgan fingerprint density at radius 2 is 1.87 bits per heavy atom. The number of hydrogen-bond acceptors (Lipinski definition) is 4. The van der Waals surface area contributed by atoms with E-state index in [9.17, 15) is 13.2 Å². The summed E-state index contributed by atoms with van der Waals surface area (Å²) < 4.78 is 27.0. The summed E-state index contributed by atoms with van der Waals surface area (Å²) in [6.45, 7) is 6.04. The zero-order chi connectivity index (χ0) is 16.4. The molecule has 0 aromatic carbocycles. The van der Waals surface area contributed by atoms with Gasteiger partial charge in [0.2, 0.25) is 0 Å². The minimum absolute atomic E-state index is 0.0836. The minimum atomic E-state index is -3.36. The molecule has 3 rings (SSSR count). The average molecular weight is 359 g/mol. The topological polar surface area (TPSA) is 62.1 Å². The second kappa shape index (κ2) is 6.88. The first kappa shape index (κ1) is 16.9. The largest absolute Gasteiger partial charge is 0.338 e. The summed E-state index contributed by atoms with van der Waals surface area (Å²) in [6, 6.07) is 3.33. The van der Waals surface area contributed by atoms with Gasteiger partial charge in [0.05, 0.1) is 26.2 Å². The maximum Gasteiger partial charge on any atom is 0.280 e. The van der Waals surface area contributed by atoms with Gasteiger partial charge < -0.3 is 9.80 Å². The molecule has 1 amide bonds. The van der Waals surface area contributed by atoms with Crippen LogP contribution in [0.3, 0.4) is 0 Å². The van der Waals surface area contributed by atoms with Crippen LogP contribution in [0.1, 0.15) is 19.8 Å². The number of likely N-dealkylation sites (tertiary alicyclic amines) is 1. The Kier molecular flexibility index (Phi) is 5.05. The Bertz CT molecular complexity index is 631. The molecule has 8 heteroatoms. The van der Waals surface area contributed by atoms with Crippen LogP contribution in [0, 0.1) is 0 Å². The van der Waals surface area contributed by atoms with Crippen LogP contribution in [0.4, 0.5) is 0 Å². The van der Waals surface area contributed by atoms with E-state index in [1.165, 1.54) is 16.2 Å². The van der Waals surface area contributed by atoms with Gasteiger partial charge in [-0.25, -0.2) is 8.42 Å². The van der Waals surface area contributed by atoms with Crippen molar-refractivity contribution in [3.8, 4) is 0 Å². The smallest absolute Gasteiger partial charge is 0.280 e. The molecule has 0 saturated carbocycles. The van der Waals surface area contributed by atoms with E-state index in [2.05, 4.69) is 0 Å². The van der Waals surface area contributed by atoms with Crippen LogP contribution in [0.2, 0.25) is 0 Å². The number of amides is 1. The predicted octanol–water partition coefficient (Wildman–Crippen LogP) is -0.352. The summed E-state index contributed by atoms with van der Waals surface area (Å²) in [4.78, 5) is 15.6. The second-order valence-electron chi connectivity index (χ2n) is 6.25. The molecule has 0 radical (unpaired) electrons. The number of rotatable bonds is 4. The zero-order valence-corrected chi connectivity index (χ0v) is 15.0. The molecule has 2 aliphatic rings. The van der Waals surface area contributed by atoms with E-state index in [0.717, 1.165) is 25.9 Å². The molecule has 0 aliphatic carbocycles. The van der Waals surface area contributed by atoms with Crippen molar-refractivity contribution >= 4 is 27.3 Å². The molecule has 1 aromatic rings. The molecule has 1 aromatic heterocycles. The Labute approximate surface area is 141 Å². The summed E-state index contributed by atoms with van der Waals surface area (Å²) in [5, 5.41) is 1.78. The van der Waals surface area contributed by atoms with Crippen molar-refractivity contribution < 1.29 is 18.1 Å². The van der Waals surface area contributed by atoms with Crippen LogP contribution in [0.15, 0.2) is 21.7 Å². The van der Waals surface area contributed by atoms with Crippen LogP contribution in [0.25, 0.3) is 0 Å². The molecule has 3 heterocycles. The molecule has 23 heavy (non-hydrogen) atoms. The Morgan fingerprint density at radius 3 is 2.43 bits per heavy atom. The molecule has 0 unspecified atom stereocenters. The lowest BCUT2D eigenvalue weighted by Crippen LogP contribution is -3.19. The van der Waals surface area contributed by atoms with Gasteiger partial charge in [-0.1, -0.05) is 6.07 Å². The molecular weight excluding hydrogens is 334 g/mol. The molecule has 0 spiro atoms. The van der Waals surface area contributed by atoms with Gasteiger partial charge >= 0.3 is 0 Å². The van der Waals surface area contributed by atoms with E-state index in [1.54, 1.807) is 21.8 Å². The van der Waals surface area contributed by atoms with Crippen molar-refractivity contribution in [1.29, 1.82) is 0 Å². The monoisotopic (exact) mass is 358 g/mol. The van der Waals surface area contributed by atoms with Crippen molar-refractivity contribution in [3.05, 3.63) is 17.5 Å². The Balaban J connectivity index is 1.59. The third kappa shape index (κ3) is 3.45. The van der Waals surface area contributed by atoms with Crippen LogP contribution in [0.5, 0.6) is 0 Å². The highest BCUT2D eigenvalue weighted by Gasteiger charge is 2.36. The highest BCUT2D eigenvalue weighted by atomic mass is 32.2. The highest BCUT2D eigenvalue weighted by Crippen LogP contribution is 2.20. The lowest BCUT2D eigenvalue weighted by molar-refractivity contribution is -0.918. The molecule has 2 saturated heterocycles. The quantitative estimate of drug-likeness (QED) is 0.800. The van der Waals surface area contributed by atoms with Crippen molar-refractivity contribution in [1.82, 2.24) is 9.21 Å². The lowest BCUT2D eigenvalue weighted by atomic mass is 10.2. The van der Waals surface area contributed by atoms with Crippen LogP contribution in [-0.2, 0) is 14.8 Å². The predicted molar refractivity (Wildman–Crippen MR) is 89.1 cm³/mol. The van der Waals surface area contributed by atoms with E-state index >= 15 is 0 Å². The summed E-state index contributed by atoms with van der Waals surface area (Å²) in [6.07, 6.45) is 2.20. The van der Waals surface area contributed by atoms with E-state index in [-0.39, 0.29) is 11.9 Å². The van der Waals surface area contributed by atoms with Gasteiger partial charge in [-0.3, -0.25) is 4.79 Å². The number of quaternary nitrogens is 1. The van der Waals surface area contributed by atoms with Crippen molar-refractivity contribution in [2.45, 2.75) is 30.0 Å². The van der Waals surface area contributed by atoms with Gasteiger partial charge in [-0.05, 0) is 31.2 Å². The van der Waals surface area contributed by atoms with Gasteiger partial charge in [0.1, 0.15) is 4.21 Å². The van der Waals surface area contributed by atoms with Crippen LogP contribution >= 0.6 is 11.3 Å².